The first-order chi connectivity index (χ1) is 11.3. The summed E-state index contributed by atoms with van der Waals surface area (Å²) in [5, 5.41) is 0. The molecule has 0 spiro atoms. The number of rotatable bonds is 5. The van der Waals surface area contributed by atoms with Gasteiger partial charge in [-0.1, -0.05) is 36.4 Å². The van der Waals surface area contributed by atoms with Crippen molar-refractivity contribution >= 4 is 6.29 Å². The summed E-state index contributed by atoms with van der Waals surface area (Å²) in [5.74, 6) is 0.596. The van der Waals surface area contributed by atoms with Gasteiger partial charge < -0.3 is 4.74 Å². The van der Waals surface area contributed by atoms with E-state index in [2.05, 4.69) is 4.98 Å². The minimum absolute atomic E-state index is 0.440. The molecule has 3 aromatic rings. The molecular formula is C20H17NO2. The van der Waals surface area contributed by atoms with Crippen LogP contribution in [0.15, 0.2) is 66.9 Å². The van der Waals surface area contributed by atoms with Crippen LogP contribution in [-0.4, -0.2) is 11.3 Å². The third-order valence-electron chi connectivity index (χ3n) is 3.60. The zero-order chi connectivity index (χ0) is 16.1. The lowest BCUT2D eigenvalue weighted by Crippen LogP contribution is -1.98. The van der Waals surface area contributed by atoms with E-state index in [-0.39, 0.29) is 0 Å². The third kappa shape index (κ3) is 3.64. The van der Waals surface area contributed by atoms with Gasteiger partial charge in [0.1, 0.15) is 12.4 Å². The van der Waals surface area contributed by atoms with Crippen molar-refractivity contribution in [2.45, 2.75) is 13.5 Å². The molecular weight excluding hydrogens is 286 g/mol. The number of aromatic nitrogens is 1. The molecule has 0 unspecified atom stereocenters. The standard InChI is InChI=1S/C20H17NO2/c1-15-11-18(9-10-21-15)17-7-8-20(19(12-17)13-22)23-14-16-5-3-2-4-6-16/h2-13H,14H2,1H3. The van der Waals surface area contributed by atoms with Gasteiger partial charge in [0.2, 0.25) is 0 Å². The molecule has 114 valence electrons. The number of hydrogen-bond acceptors (Lipinski definition) is 3. The first-order valence-electron chi connectivity index (χ1n) is 7.45. The minimum atomic E-state index is 0.440. The zero-order valence-corrected chi connectivity index (χ0v) is 12.9. The summed E-state index contributed by atoms with van der Waals surface area (Å²) in [4.78, 5) is 15.6. The number of benzene rings is 2. The van der Waals surface area contributed by atoms with Gasteiger partial charge in [0.15, 0.2) is 6.29 Å². The van der Waals surface area contributed by atoms with Crippen molar-refractivity contribution in [1.82, 2.24) is 4.98 Å². The number of nitrogens with zero attached hydrogens (tertiary/aromatic N) is 1. The summed E-state index contributed by atoms with van der Waals surface area (Å²) in [5.41, 5.74) is 4.57. The second kappa shape index (κ2) is 6.88. The van der Waals surface area contributed by atoms with Crippen molar-refractivity contribution in [2.75, 3.05) is 0 Å². The Bertz CT molecular complexity index is 813. The number of carbonyl (C=O) groups is 1. The molecule has 1 aromatic heterocycles. The lowest BCUT2D eigenvalue weighted by molar-refractivity contribution is 0.111. The summed E-state index contributed by atoms with van der Waals surface area (Å²) in [6, 6.07) is 19.5. The summed E-state index contributed by atoms with van der Waals surface area (Å²) >= 11 is 0. The number of pyridine rings is 1. The topological polar surface area (TPSA) is 39.2 Å². The Morgan fingerprint density at radius 1 is 1.00 bits per heavy atom. The molecule has 3 heteroatoms. The fraction of sp³-hybridized carbons (Fsp3) is 0.100. The summed E-state index contributed by atoms with van der Waals surface area (Å²) in [7, 11) is 0. The van der Waals surface area contributed by atoms with Gasteiger partial charge in [-0.2, -0.15) is 0 Å². The van der Waals surface area contributed by atoms with Crippen molar-refractivity contribution < 1.29 is 9.53 Å². The van der Waals surface area contributed by atoms with Gasteiger partial charge in [0, 0.05) is 11.9 Å². The molecule has 0 amide bonds. The van der Waals surface area contributed by atoms with Crippen LogP contribution in [0.25, 0.3) is 11.1 Å². The molecule has 0 saturated carbocycles. The third-order valence-corrected chi connectivity index (χ3v) is 3.60. The van der Waals surface area contributed by atoms with Crippen molar-refractivity contribution in [2.24, 2.45) is 0 Å². The van der Waals surface area contributed by atoms with Gasteiger partial charge >= 0.3 is 0 Å². The SMILES string of the molecule is Cc1cc(-c2ccc(OCc3ccccc3)c(C=O)c2)ccn1. The maximum Gasteiger partial charge on any atom is 0.153 e. The van der Waals surface area contributed by atoms with Crippen LogP contribution in [0.4, 0.5) is 0 Å². The van der Waals surface area contributed by atoms with Gasteiger partial charge in [-0.15, -0.1) is 0 Å². The molecule has 1 heterocycles. The summed E-state index contributed by atoms with van der Waals surface area (Å²) < 4.78 is 5.79. The molecule has 0 aliphatic carbocycles. The van der Waals surface area contributed by atoms with Crippen LogP contribution in [0.3, 0.4) is 0 Å². The van der Waals surface area contributed by atoms with Crippen molar-refractivity contribution in [1.29, 1.82) is 0 Å². The van der Waals surface area contributed by atoms with Crippen LogP contribution in [0.2, 0.25) is 0 Å². The van der Waals surface area contributed by atoms with E-state index in [1.54, 1.807) is 6.20 Å². The first kappa shape index (κ1) is 15.0. The van der Waals surface area contributed by atoms with E-state index >= 15 is 0 Å². The molecule has 0 bridgehead atoms. The summed E-state index contributed by atoms with van der Waals surface area (Å²) in [6.07, 6.45) is 2.60. The van der Waals surface area contributed by atoms with E-state index in [1.807, 2.05) is 67.6 Å². The maximum atomic E-state index is 11.4. The number of hydrogen-bond donors (Lipinski definition) is 0. The summed E-state index contributed by atoms with van der Waals surface area (Å²) in [6.45, 7) is 2.39. The molecule has 3 nitrogen and oxygen atoms in total. The highest BCUT2D eigenvalue weighted by Crippen LogP contribution is 2.26. The number of ether oxygens (including phenoxy) is 1. The molecule has 23 heavy (non-hydrogen) atoms. The van der Waals surface area contributed by atoms with E-state index in [0.717, 1.165) is 28.7 Å². The highest BCUT2D eigenvalue weighted by atomic mass is 16.5. The average Bonchev–Trinajstić information content (AvgIpc) is 2.60. The van der Waals surface area contributed by atoms with E-state index in [9.17, 15) is 4.79 Å². The van der Waals surface area contributed by atoms with Gasteiger partial charge in [-0.25, -0.2) is 0 Å². The van der Waals surface area contributed by atoms with Gasteiger partial charge in [0.25, 0.3) is 0 Å². The monoisotopic (exact) mass is 303 g/mol. The Kier molecular flexibility index (Phi) is 4.48. The van der Waals surface area contributed by atoms with E-state index < -0.39 is 0 Å². The Hall–Kier alpha value is -2.94. The Morgan fingerprint density at radius 2 is 1.78 bits per heavy atom. The molecule has 0 aliphatic rings. The molecule has 0 N–H and O–H groups in total. The highest BCUT2D eigenvalue weighted by molar-refractivity contribution is 5.83. The van der Waals surface area contributed by atoms with Gasteiger partial charge in [-0.3, -0.25) is 9.78 Å². The molecule has 0 aliphatic heterocycles. The Morgan fingerprint density at radius 3 is 2.52 bits per heavy atom. The zero-order valence-electron chi connectivity index (χ0n) is 12.9. The lowest BCUT2D eigenvalue weighted by atomic mass is 10.0. The molecule has 0 fully saturated rings. The van der Waals surface area contributed by atoms with Crippen LogP contribution < -0.4 is 4.74 Å². The number of aryl methyl sites for hydroxylation is 1. The maximum absolute atomic E-state index is 11.4. The van der Waals surface area contributed by atoms with Crippen LogP contribution >= 0.6 is 0 Å². The predicted molar refractivity (Wildman–Crippen MR) is 90.6 cm³/mol. The molecule has 2 aromatic carbocycles. The highest BCUT2D eigenvalue weighted by Gasteiger charge is 2.07. The van der Waals surface area contributed by atoms with Crippen LogP contribution in [0.1, 0.15) is 21.6 Å². The Balaban J connectivity index is 1.84. The smallest absolute Gasteiger partial charge is 0.153 e. The van der Waals surface area contributed by atoms with Gasteiger partial charge in [0.05, 0.1) is 5.56 Å². The van der Waals surface area contributed by atoms with Crippen molar-refractivity contribution in [3.05, 3.63) is 83.7 Å². The first-order valence-corrected chi connectivity index (χ1v) is 7.45. The normalized spacial score (nSPS) is 10.3. The van der Waals surface area contributed by atoms with E-state index in [1.165, 1.54) is 0 Å². The van der Waals surface area contributed by atoms with Crippen LogP contribution in [0, 0.1) is 6.92 Å². The number of carbonyl (C=O) groups excluding carboxylic acids is 1. The van der Waals surface area contributed by atoms with Crippen LogP contribution in [0.5, 0.6) is 5.75 Å². The molecule has 0 saturated heterocycles. The minimum Gasteiger partial charge on any atom is -0.488 e. The van der Waals surface area contributed by atoms with Gasteiger partial charge in [-0.05, 0) is 47.9 Å². The lowest BCUT2D eigenvalue weighted by Gasteiger charge is -2.10. The second-order valence-electron chi connectivity index (χ2n) is 5.33. The fourth-order valence-electron chi connectivity index (χ4n) is 2.41. The molecule has 3 rings (SSSR count). The second-order valence-corrected chi connectivity index (χ2v) is 5.33. The predicted octanol–water partition coefficient (Wildman–Crippen LogP) is 4.45. The van der Waals surface area contributed by atoms with Crippen LogP contribution in [-0.2, 0) is 6.61 Å². The van der Waals surface area contributed by atoms with Crippen molar-refractivity contribution in [3.63, 3.8) is 0 Å². The van der Waals surface area contributed by atoms with E-state index in [4.69, 9.17) is 4.74 Å². The van der Waals surface area contributed by atoms with Crippen molar-refractivity contribution in [3.8, 4) is 16.9 Å². The largest absolute Gasteiger partial charge is 0.488 e. The average molecular weight is 303 g/mol. The quantitative estimate of drug-likeness (QED) is 0.654. The Labute approximate surface area is 135 Å². The number of aldehydes is 1. The molecule has 0 atom stereocenters. The molecule has 0 radical (unpaired) electrons. The fourth-order valence-corrected chi connectivity index (χ4v) is 2.41. The van der Waals surface area contributed by atoms with E-state index in [0.29, 0.717) is 17.9 Å².